The van der Waals surface area contributed by atoms with Crippen LogP contribution in [0.2, 0.25) is 0 Å². The van der Waals surface area contributed by atoms with Crippen molar-refractivity contribution in [3.63, 3.8) is 0 Å². The van der Waals surface area contributed by atoms with Gasteiger partial charge in [0, 0.05) is 40.8 Å². The predicted octanol–water partition coefficient (Wildman–Crippen LogP) is 12.8. The van der Waals surface area contributed by atoms with Crippen LogP contribution >= 0.6 is 0 Å². The smallest absolute Gasteiger partial charge is 0.230 e. The Morgan fingerprint density at radius 2 is 0.579 bits per heavy atom. The molecule has 312 valence electrons. The van der Waals surface area contributed by atoms with Crippen LogP contribution in [0.15, 0.2) is 6.07 Å². The molecule has 15 aliphatic rings. The summed E-state index contributed by atoms with van der Waals surface area (Å²) in [6.07, 6.45) is 47.8. The van der Waals surface area contributed by atoms with Crippen LogP contribution in [0.5, 0.6) is 0 Å². The van der Waals surface area contributed by atoms with Gasteiger partial charge in [-0.25, -0.2) is 0 Å². The van der Waals surface area contributed by atoms with Gasteiger partial charge in [-0.2, -0.15) is 9.97 Å². The fourth-order valence-corrected chi connectivity index (χ4v) is 20.3. The van der Waals surface area contributed by atoms with E-state index in [4.69, 9.17) is 9.97 Å². The van der Waals surface area contributed by atoms with E-state index in [0.717, 1.165) is 53.3 Å². The summed E-state index contributed by atoms with van der Waals surface area (Å²) >= 11 is 0. The Labute approximate surface area is 347 Å². The van der Waals surface area contributed by atoms with Gasteiger partial charge in [-0.1, -0.05) is 57.8 Å². The Morgan fingerprint density at radius 1 is 0.333 bits per heavy atom. The molecule has 15 fully saturated rings. The quantitative estimate of drug-likeness (QED) is 0.250. The third-order valence-electron chi connectivity index (χ3n) is 20.8. The van der Waals surface area contributed by atoms with Crippen LogP contribution in [0.4, 0.5) is 17.6 Å². The van der Waals surface area contributed by atoms with E-state index in [1.165, 1.54) is 229 Å². The Bertz CT molecular complexity index is 1340. The number of rotatable bonds is 9. The molecule has 0 N–H and O–H groups in total. The Morgan fingerprint density at radius 3 is 0.860 bits per heavy atom. The molecule has 0 unspecified atom stereocenters. The average Bonchev–Trinajstić information content (AvgIpc) is 3.18. The zero-order chi connectivity index (χ0) is 37.3. The highest BCUT2D eigenvalue weighted by atomic mass is 15.4. The number of hydrogen-bond acceptors (Lipinski definition) is 5. The Hall–Kier alpha value is -1.52. The summed E-state index contributed by atoms with van der Waals surface area (Å²) in [5.41, 5.74) is 0.943. The van der Waals surface area contributed by atoms with Crippen LogP contribution in [-0.2, 0) is 0 Å². The second-order valence-electron chi connectivity index (χ2n) is 24.8. The molecule has 0 atom stereocenters. The summed E-state index contributed by atoms with van der Waals surface area (Å²) in [7, 11) is 0. The molecule has 0 aliphatic heterocycles. The lowest BCUT2D eigenvalue weighted by atomic mass is 9.52. The van der Waals surface area contributed by atoms with Crippen molar-refractivity contribution in [3.05, 3.63) is 6.07 Å². The Kier molecular flexibility index (Phi) is 8.72. The van der Waals surface area contributed by atoms with E-state index in [2.05, 4.69) is 20.8 Å². The molecule has 0 amide bonds. The minimum Gasteiger partial charge on any atom is -0.348 e. The summed E-state index contributed by atoms with van der Waals surface area (Å²) in [6, 6.07) is 4.71. The maximum absolute atomic E-state index is 6.29. The lowest BCUT2D eigenvalue weighted by Gasteiger charge is -2.64. The summed E-state index contributed by atoms with van der Waals surface area (Å²) in [5.74, 6) is 12.7. The minimum atomic E-state index is 0.291. The summed E-state index contributed by atoms with van der Waals surface area (Å²) in [6.45, 7) is 0. The van der Waals surface area contributed by atoms with Gasteiger partial charge in [0.1, 0.15) is 11.6 Å². The van der Waals surface area contributed by atoms with E-state index in [0.29, 0.717) is 34.7 Å². The molecule has 15 saturated carbocycles. The molecule has 0 radical (unpaired) electrons. The lowest BCUT2D eigenvalue weighted by Crippen LogP contribution is -2.65. The second kappa shape index (κ2) is 13.7. The van der Waals surface area contributed by atoms with Crippen molar-refractivity contribution in [3.8, 4) is 0 Å². The molecule has 0 aromatic carbocycles. The highest BCUT2D eigenvalue weighted by Crippen LogP contribution is 2.63. The maximum Gasteiger partial charge on any atom is 0.230 e. The minimum absolute atomic E-state index is 0.291. The van der Waals surface area contributed by atoms with Crippen molar-refractivity contribution < 1.29 is 0 Å². The average molecular weight is 774 g/mol. The molecule has 5 nitrogen and oxygen atoms in total. The van der Waals surface area contributed by atoms with Gasteiger partial charge >= 0.3 is 0 Å². The number of nitrogens with zero attached hydrogens (tertiary/aromatic N) is 5. The van der Waals surface area contributed by atoms with Crippen LogP contribution in [0.3, 0.4) is 0 Å². The van der Waals surface area contributed by atoms with Crippen molar-refractivity contribution >= 4 is 17.6 Å². The topological polar surface area (TPSA) is 35.5 Å². The van der Waals surface area contributed by atoms with Gasteiger partial charge in [-0.05, 0) is 207 Å². The molecule has 15 aliphatic carbocycles. The van der Waals surface area contributed by atoms with E-state index >= 15 is 0 Å². The third-order valence-corrected chi connectivity index (χ3v) is 20.8. The first-order chi connectivity index (χ1) is 28.0. The first-order valence-electron chi connectivity index (χ1n) is 26.2. The summed E-state index contributed by atoms with van der Waals surface area (Å²) in [5, 5.41) is 0. The first-order valence-corrected chi connectivity index (χ1v) is 26.2. The van der Waals surface area contributed by atoms with Gasteiger partial charge in [0.15, 0.2) is 0 Å². The number of hydrogen-bond donors (Lipinski definition) is 0. The highest BCUT2D eigenvalue weighted by molar-refractivity contribution is 5.61. The van der Waals surface area contributed by atoms with E-state index in [9.17, 15) is 0 Å². The molecule has 1 heterocycles. The first kappa shape index (κ1) is 36.2. The molecule has 16 rings (SSSR count). The molecular formula is C52H79N5. The molecule has 5 heteroatoms. The van der Waals surface area contributed by atoms with Crippen molar-refractivity contribution in [2.24, 2.45) is 53.3 Å². The molecule has 1 aromatic heterocycles. The fourth-order valence-electron chi connectivity index (χ4n) is 20.3. The number of anilines is 3. The van der Waals surface area contributed by atoms with E-state index in [1.54, 1.807) is 0 Å². The van der Waals surface area contributed by atoms with Gasteiger partial charge in [-0.15, -0.1) is 0 Å². The molecule has 0 saturated heterocycles. The normalized spacial score (nSPS) is 46.2. The van der Waals surface area contributed by atoms with Crippen molar-refractivity contribution in [2.45, 2.75) is 247 Å². The van der Waals surface area contributed by atoms with E-state index < -0.39 is 0 Å². The molecular weight excluding hydrogens is 695 g/mol. The maximum atomic E-state index is 6.29. The lowest BCUT2D eigenvalue weighted by molar-refractivity contribution is -0.0115. The fraction of sp³-hybridized carbons (Fsp3) is 0.923. The van der Waals surface area contributed by atoms with Crippen molar-refractivity contribution in [1.29, 1.82) is 0 Å². The predicted molar refractivity (Wildman–Crippen MR) is 233 cm³/mol. The van der Waals surface area contributed by atoms with Crippen molar-refractivity contribution in [2.75, 3.05) is 14.7 Å². The van der Waals surface area contributed by atoms with E-state index in [1.807, 2.05) is 0 Å². The van der Waals surface area contributed by atoms with Gasteiger partial charge in [0.2, 0.25) is 5.95 Å². The SMILES string of the molecule is c1c(N(C2CCCCC2)C23CC4CC(CC(C4)C2)C3)nc(N(C2CCCCC2)C23CC4CC(CC(C4)C2)C3)nc1N(C1CCCCC1)C12CC3CC(CC(C3)C1)C2. The van der Waals surface area contributed by atoms with Gasteiger partial charge < -0.3 is 14.7 Å². The Balaban J connectivity index is 1.01. The zero-order valence-electron chi connectivity index (χ0n) is 36.1. The van der Waals surface area contributed by atoms with E-state index in [-0.39, 0.29) is 0 Å². The largest absolute Gasteiger partial charge is 0.348 e. The monoisotopic (exact) mass is 774 g/mol. The van der Waals surface area contributed by atoms with Crippen LogP contribution in [0.25, 0.3) is 0 Å². The standard InChI is InChI=1S/C52H79N5/c1-4-10-44(11-5-1)55(50-26-35-16-36(27-50)18-37(17-35)28-50)47-25-48(56(45-12-6-2-7-13-45)51-29-38-19-39(30-51)21-40(20-38)31-51)54-49(53-47)57(46-14-8-3-9-15-46)52-32-41-22-42(33-52)24-43(23-41)34-52/h25,35-46H,1-24,26-34H2. The van der Waals surface area contributed by atoms with Gasteiger partial charge in [-0.3, -0.25) is 0 Å². The molecule has 1 aromatic rings. The van der Waals surface area contributed by atoms with Crippen LogP contribution < -0.4 is 14.7 Å². The van der Waals surface area contributed by atoms with Crippen molar-refractivity contribution in [1.82, 2.24) is 9.97 Å². The highest BCUT2D eigenvalue weighted by Gasteiger charge is 2.59. The third kappa shape index (κ3) is 6.05. The molecule has 12 bridgehead atoms. The number of aromatic nitrogens is 2. The summed E-state index contributed by atoms with van der Waals surface area (Å²) in [4.78, 5) is 22.1. The summed E-state index contributed by atoms with van der Waals surface area (Å²) < 4.78 is 0. The van der Waals surface area contributed by atoms with Gasteiger partial charge in [0.05, 0.1) is 0 Å². The molecule has 0 spiro atoms. The van der Waals surface area contributed by atoms with Crippen LogP contribution in [0, 0.1) is 53.3 Å². The van der Waals surface area contributed by atoms with Gasteiger partial charge in [0.25, 0.3) is 0 Å². The molecule has 57 heavy (non-hydrogen) atoms. The zero-order valence-corrected chi connectivity index (χ0v) is 36.1. The van der Waals surface area contributed by atoms with Crippen LogP contribution in [-0.4, -0.2) is 44.7 Å². The van der Waals surface area contributed by atoms with Crippen LogP contribution in [0.1, 0.15) is 212 Å². The second-order valence-corrected chi connectivity index (χ2v) is 24.8.